The van der Waals surface area contributed by atoms with Gasteiger partial charge in [0, 0.05) is 32.6 Å². The number of rotatable bonds is 9. The standard InChI is InChI=1S/C14H21NO5/c1-18-5-3-4-10-8-11(14(16)17)12(15)9-13(10)20-7-6-19-2/h8-9H,3-7,15H2,1-2H3,(H,16,17). The lowest BCUT2D eigenvalue weighted by atomic mass is 10.0. The topological polar surface area (TPSA) is 91.0 Å². The number of aryl methyl sites for hydroxylation is 1. The van der Waals surface area contributed by atoms with Crippen LogP contribution in [0.1, 0.15) is 22.3 Å². The van der Waals surface area contributed by atoms with Crippen LogP contribution in [0, 0.1) is 0 Å². The first kappa shape index (κ1) is 16.3. The number of ether oxygens (including phenoxy) is 3. The summed E-state index contributed by atoms with van der Waals surface area (Å²) in [5.41, 5.74) is 6.83. The molecule has 0 bridgehead atoms. The van der Waals surface area contributed by atoms with Crippen LogP contribution < -0.4 is 10.5 Å². The van der Waals surface area contributed by atoms with Crippen molar-refractivity contribution >= 4 is 11.7 Å². The van der Waals surface area contributed by atoms with Gasteiger partial charge in [0.2, 0.25) is 0 Å². The molecule has 0 heterocycles. The maximum Gasteiger partial charge on any atom is 0.337 e. The van der Waals surface area contributed by atoms with Crippen molar-refractivity contribution in [3.8, 4) is 5.75 Å². The van der Waals surface area contributed by atoms with E-state index in [0.717, 1.165) is 12.0 Å². The van der Waals surface area contributed by atoms with Crippen LogP contribution >= 0.6 is 0 Å². The molecule has 3 N–H and O–H groups in total. The van der Waals surface area contributed by atoms with Crippen molar-refractivity contribution in [3.63, 3.8) is 0 Å². The number of nitrogen functional groups attached to an aromatic ring is 1. The van der Waals surface area contributed by atoms with Gasteiger partial charge in [-0.1, -0.05) is 0 Å². The number of carbonyl (C=O) groups is 1. The Morgan fingerprint density at radius 3 is 2.50 bits per heavy atom. The number of methoxy groups -OCH3 is 2. The van der Waals surface area contributed by atoms with Gasteiger partial charge in [-0.05, 0) is 24.5 Å². The second-order valence-corrected chi connectivity index (χ2v) is 4.29. The van der Waals surface area contributed by atoms with Gasteiger partial charge in [-0.15, -0.1) is 0 Å². The lowest BCUT2D eigenvalue weighted by molar-refractivity contribution is 0.0698. The van der Waals surface area contributed by atoms with Crippen molar-refractivity contribution < 1.29 is 24.1 Å². The number of benzene rings is 1. The molecular weight excluding hydrogens is 262 g/mol. The zero-order valence-electron chi connectivity index (χ0n) is 11.8. The van der Waals surface area contributed by atoms with E-state index >= 15 is 0 Å². The predicted octanol–water partition coefficient (Wildman–Crippen LogP) is 1.57. The molecule has 20 heavy (non-hydrogen) atoms. The summed E-state index contributed by atoms with van der Waals surface area (Å²) < 4.78 is 15.5. The van der Waals surface area contributed by atoms with E-state index in [1.807, 2.05) is 0 Å². The highest BCUT2D eigenvalue weighted by atomic mass is 16.5. The van der Waals surface area contributed by atoms with Crippen LogP contribution in [0.4, 0.5) is 5.69 Å². The summed E-state index contributed by atoms with van der Waals surface area (Å²) in [7, 11) is 3.21. The van der Waals surface area contributed by atoms with Gasteiger partial charge in [0.25, 0.3) is 0 Å². The minimum atomic E-state index is -1.04. The van der Waals surface area contributed by atoms with Crippen LogP contribution in [0.5, 0.6) is 5.75 Å². The molecule has 112 valence electrons. The van der Waals surface area contributed by atoms with Gasteiger partial charge in [0.05, 0.1) is 12.2 Å². The SMILES string of the molecule is COCCCc1cc(C(=O)O)c(N)cc1OCCOC. The average molecular weight is 283 g/mol. The van der Waals surface area contributed by atoms with Crippen LogP contribution in [0.2, 0.25) is 0 Å². The highest BCUT2D eigenvalue weighted by molar-refractivity contribution is 5.94. The molecule has 0 saturated heterocycles. The van der Waals surface area contributed by atoms with Crippen molar-refractivity contribution in [1.29, 1.82) is 0 Å². The Morgan fingerprint density at radius 1 is 1.20 bits per heavy atom. The number of aromatic carboxylic acids is 1. The number of carboxylic acids is 1. The van der Waals surface area contributed by atoms with E-state index in [-0.39, 0.29) is 11.3 Å². The first-order valence-electron chi connectivity index (χ1n) is 6.36. The molecule has 6 nitrogen and oxygen atoms in total. The maximum absolute atomic E-state index is 11.1. The molecule has 0 unspecified atom stereocenters. The van der Waals surface area contributed by atoms with E-state index in [2.05, 4.69) is 0 Å². The van der Waals surface area contributed by atoms with Crippen molar-refractivity contribution in [2.45, 2.75) is 12.8 Å². The molecule has 6 heteroatoms. The summed E-state index contributed by atoms with van der Waals surface area (Å²) in [6.45, 7) is 1.45. The van der Waals surface area contributed by atoms with Gasteiger partial charge in [-0.2, -0.15) is 0 Å². The molecule has 0 fully saturated rings. The first-order valence-corrected chi connectivity index (χ1v) is 6.36. The van der Waals surface area contributed by atoms with E-state index in [4.69, 9.17) is 25.1 Å². The van der Waals surface area contributed by atoms with Gasteiger partial charge < -0.3 is 25.1 Å². The van der Waals surface area contributed by atoms with Crippen molar-refractivity contribution in [2.24, 2.45) is 0 Å². The molecule has 0 aliphatic rings. The molecule has 0 saturated carbocycles. The largest absolute Gasteiger partial charge is 0.491 e. The third kappa shape index (κ3) is 4.71. The molecule has 0 aliphatic heterocycles. The lowest BCUT2D eigenvalue weighted by Gasteiger charge is -2.14. The molecule has 0 radical (unpaired) electrons. The van der Waals surface area contributed by atoms with Gasteiger partial charge in [0.1, 0.15) is 12.4 Å². The molecular formula is C14H21NO5. The van der Waals surface area contributed by atoms with Gasteiger partial charge >= 0.3 is 5.97 Å². The molecule has 1 rings (SSSR count). The van der Waals surface area contributed by atoms with Gasteiger partial charge in [-0.25, -0.2) is 4.79 Å². The van der Waals surface area contributed by atoms with E-state index in [1.165, 1.54) is 0 Å². The smallest absolute Gasteiger partial charge is 0.337 e. The summed E-state index contributed by atoms with van der Waals surface area (Å²) in [6.07, 6.45) is 1.44. The van der Waals surface area contributed by atoms with Gasteiger partial charge in [0.15, 0.2) is 0 Å². The molecule has 0 aromatic heterocycles. The van der Waals surface area contributed by atoms with Crippen LogP contribution in [0.3, 0.4) is 0 Å². The highest BCUT2D eigenvalue weighted by Gasteiger charge is 2.14. The maximum atomic E-state index is 11.1. The zero-order valence-corrected chi connectivity index (χ0v) is 11.8. The normalized spacial score (nSPS) is 10.5. The summed E-state index contributed by atoms with van der Waals surface area (Å²) in [5, 5.41) is 9.10. The Bertz CT molecular complexity index is 447. The fraction of sp³-hybridized carbons (Fsp3) is 0.500. The molecule has 1 aromatic rings. The number of hydrogen-bond donors (Lipinski definition) is 2. The zero-order chi connectivity index (χ0) is 15.0. The third-order valence-electron chi connectivity index (χ3n) is 2.80. The predicted molar refractivity (Wildman–Crippen MR) is 75.4 cm³/mol. The van der Waals surface area contributed by atoms with Crippen molar-refractivity contribution in [3.05, 3.63) is 23.3 Å². The minimum absolute atomic E-state index is 0.0940. The average Bonchev–Trinajstić information content (AvgIpc) is 2.41. The van der Waals surface area contributed by atoms with Crippen LogP contribution in [0.15, 0.2) is 12.1 Å². The Balaban J connectivity index is 2.93. The van der Waals surface area contributed by atoms with Crippen LogP contribution in [0.25, 0.3) is 0 Å². The number of carboxylic acid groups (broad SMARTS) is 1. The summed E-state index contributed by atoms with van der Waals surface area (Å²) in [4.78, 5) is 11.1. The summed E-state index contributed by atoms with van der Waals surface area (Å²) in [5.74, 6) is -0.445. The van der Waals surface area contributed by atoms with Crippen LogP contribution in [-0.4, -0.2) is 45.1 Å². The first-order chi connectivity index (χ1) is 9.60. The molecule has 1 aromatic carbocycles. The second kappa shape index (κ2) is 8.39. The Kier molecular flexibility index (Phi) is 6.83. The number of hydrogen-bond acceptors (Lipinski definition) is 5. The van der Waals surface area contributed by atoms with Crippen molar-refractivity contribution in [2.75, 3.05) is 39.8 Å². The molecule has 0 spiro atoms. The molecule has 0 aliphatic carbocycles. The Labute approximate surface area is 118 Å². The third-order valence-corrected chi connectivity index (χ3v) is 2.80. The summed E-state index contributed by atoms with van der Waals surface area (Å²) in [6, 6.07) is 3.12. The summed E-state index contributed by atoms with van der Waals surface area (Å²) >= 11 is 0. The fourth-order valence-corrected chi connectivity index (χ4v) is 1.80. The highest BCUT2D eigenvalue weighted by Crippen LogP contribution is 2.27. The van der Waals surface area contributed by atoms with E-state index in [0.29, 0.717) is 32.0 Å². The number of nitrogens with two attached hydrogens (primary N) is 1. The second-order valence-electron chi connectivity index (χ2n) is 4.29. The monoisotopic (exact) mass is 283 g/mol. The van der Waals surface area contributed by atoms with Crippen LogP contribution in [-0.2, 0) is 15.9 Å². The molecule has 0 amide bonds. The van der Waals surface area contributed by atoms with Crippen molar-refractivity contribution in [1.82, 2.24) is 0 Å². The van der Waals surface area contributed by atoms with E-state index in [9.17, 15) is 4.79 Å². The number of anilines is 1. The van der Waals surface area contributed by atoms with E-state index in [1.54, 1.807) is 26.4 Å². The Hall–Kier alpha value is -1.79. The quantitative estimate of drug-likeness (QED) is 0.528. The Morgan fingerprint density at radius 2 is 1.90 bits per heavy atom. The molecule has 0 atom stereocenters. The minimum Gasteiger partial charge on any atom is -0.491 e. The van der Waals surface area contributed by atoms with E-state index < -0.39 is 5.97 Å². The van der Waals surface area contributed by atoms with Gasteiger partial charge in [-0.3, -0.25) is 0 Å². The lowest BCUT2D eigenvalue weighted by Crippen LogP contribution is -2.09. The fourth-order valence-electron chi connectivity index (χ4n) is 1.80.